The van der Waals surface area contributed by atoms with E-state index in [0.717, 1.165) is 11.6 Å². The third kappa shape index (κ3) is 1.56. The van der Waals surface area contributed by atoms with Crippen molar-refractivity contribution >= 4 is 23.4 Å². The number of benzene rings is 2. The normalized spacial score (nSPS) is 12.2. The Balaban J connectivity index is 2.83. The highest BCUT2D eigenvalue weighted by Crippen LogP contribution is 2.05. The van der Waals surface area contributed by atoms with E-state index in [1.54, 1.807) is 0 Å². The fourth-order valence-corrected chi connectivity index (χ4v) is 1.72. The summed E-state index contributed by atoms with van der Waals surface area (Å²) in [5.74, 6) is 0. The van der Waals surface area contributed by atoms with Gasteiger partial charge in [0.15, 0.2) is 0 Å². The van der Waals surface area contributed by atoms with E-state index in [9.17, 15) is 0 Å². The van der Waals surface area contributed by atoms with Crippen LogP contribution in [0.25, 0.3) is 23.4 Å². The van der Waals surface area contributed by atoms with Crippen LogP contribution in [-0.4, -0.2) is 0 Å². The van der Waals surface area contributed by atoms with Gasteiger partial charge in [0, 0.05) is 0 Å². The molecule has 0 saturated heterocycles. The number of hydrogen-bond donors (Lipinski definition) is 0. The van der Waals surface area contributed by atoms with Crippen LogP contribution in [0.2, 0.25) is 0 Å². The lowest BCUT2D eigenvalue weighted by atomic mass is 10.1. The summed E-state index contributed by atoms with van der Waals surface area (Å²) < 4.78 is 0. The van der Waals surface area contributed by atoms with Gasteiger partial charge >= 0.3 is 0 Å². The van der Waals surface area contributed by atoms with Crippen LogP contribution in [0.5, 0.6) is 0 Å². The molecule has 0 saturated carbocycles. The molecule has 0 radical (unpaired) electrons. The average Bonchev–Trinajstić information content (AvgIpc) is 2.20. The van der Waals surface area contributed by atoms with Gasteiger partial charge in [0.05, 0.1) is 0 Å². The molecule has 0 atom stereocenters. The molecule has 0 amide bonds. The van der Waals surface area contributed by atoms with Crippen LogP contribution >= 0.6 is 0 Å². The second kappa shape index (κ2) is 3.67. The van der Waals surface area contributed by atoms with Crippen molar-refractivity contribution in [2.24, 2.45) is 0 Å². The van der Waals surface area contributed by atoms with Crippen molar-refractivity contribution in [1.82, 2.24) is 0 Å². The number of hydrogen-bond acceptors (Lipinski definition) is 0. The number of fused-ring (bicyclic) bond motifs is 1. The van der Waals surface area contributed by atoms with Crippen LogP contribution in [-0.2, 0) is 0 Å². The molecule has 0 unspecified atom stereocenters. The molecule has 70 valence electrons. The zero-order valence-corrected chi connectivity index (χ0v) is 8.46. The van der Waals surface area contributed by atoms with Crippen LogP contribution in [0.3, 0.4) is 0 Å². The number of rotatable bonds is 1. The van der Waals surface area contributed by atoms with E-state index in [0.29, 0.717) is 0 Å². The third-order valence-corrected chi connectivity index (χ3v) is 2.44. The summed E-state index contributed by atoms with van der Waals surface area (Å²) in [4.78, 5) is 0. The zero-order valence-electron chi connectivity index (χ0n) is 8.46. The molecule has 2 aromatic carbocycles. The summed E-state index contributed by atoms with van der Waals surface area (Å²) in [7, 11) is 0. The molecule has 0 nitrogen and oxygen atoms in total. The highest BCUT2D eigenvalue weighted by atomic mass is 14.0. The second-order valence-electron chi connectivity index (χ2n) is 3.51. The first kappa shape index (κ1) is 9.01. The van der Waals surface area contributed by atoms with Crippen LogP contribution in [0, 0.1) is 0 Å². The summed E-state index contributed by atoms with van der Waals surface area (Å²) >= 11 is 0. The van der Waals surface area contributed by atoms with Gasteiger partial charge in [-0.05, 0) is 33.7 Å². The Morgan fingerprint density at radius 2 is 2.07 bits per heavy atom. The molecule has 0 aliphatic heterocycles. The molecule has 0 spiro atoms. The van der Waals surface area contributed by atoms with Crippen LogP contribution in [0.1, 0.15) is 13.3 Å². The van der Waals surface area contributed by atoms with Crippen LogP contribution in [0.15, 0.2) is 36.4 Å². The van der Waals surface area contributed by atoms with Gasteiger partial charge in [0.1, 0.15) is 0 Å². The Hall–Kier alpha value is -1.56. The highest BCUT2D eigenvalue weighted by molar-refractivity contribution is 5.83. The van der Waals surface area contributed by atoms with E-state index >= 15 is 0 Å². The lowest BCUT2D eigenvalue weighted by Gasteiger charge is -1.97. The zero-order chi connectivity index (χ0) is 9.97. The van der Waals surface area contributed by atoms with Gasteiger partial charge in [-0.1, -0.05) is 49.9 Å². The minimum absolute atomic E-state index is 1.07. The molecule has 0 aliphatic carbocycles. The second-order valence-corrected chi connectivity index (χ2v) is 3.51. The van der Waals surface area contributed by atoms with E-state index in [-0.39, 0.29) is 0 Å². The molecule has 0 aromatic heterocycles. The fourth-order valence-electron chi connectivity index (χ4n) is 1.72. The predicted molar refractivity (Wildman–Crippen MR) is 63.5 cm³/mol. The van der Waals surface area contributed by atoms with Crippen molar-refractivity contribution in [3.8, 4) is 0 Å². The van der Waals surface area contributed by atoms with Gasteiger partial charge in [-0.15, -0.1) is 0 Å². The molecule has 0 aliphatic rings. The minimum atomic E-state index is 1.07. The van der Waals surface area contributed by atoms with Gasteiger partial charge < -0.3 is 0 Å². The molecule has 2 rings (SSSR count). The van der Waals surface area contributed by atoms with E-state index in [4.69, 9.17) is 0 Å². The standard InChI is InChI=1S/C14H14/c1-3-5-12-8-9-13-7-4-6-11(2)14(13)10-12/h4-10H,2-3H2,1H3/b12-5-. The van der Waals surface area contributed by atoms with Crippen molar-refractivity contribution in [1.29, 1.82) is 0 Å². The third-order valence-electron chi connectivity index (χ3n) is 2.44. The summed E-state index contributed by atoms with van der Waals surface area (Å²) in [6, 6.07) is 12.8. The molecule has 0 heteroatoms. The summed E-state index contributed by atoms with van der Waals surface area (Å²) in [6.07, 6.45) is 3.30. The molecule has 2 aromatic rings. The summed E-state index contributed by atoms with van der Waals surface area (Å²) in [5, 5.41) is 4.92. The smallest absolute Gasteiger partial charge is 0.0112 e. The molecular weight excluding hydrogens is 168 g/mol. The molecule has 0 fully saturated rings. The lowest BCUT2D eigenvalue weighted by molar-refractivity contribution is 1.29. The molecular formula is C14H14. The first-order chi connectivity index (χ1) is 6.81. The van der Waals surface area contributed by atoms with Gasteiger partial charge in [0.25, 0.3) is 0 Å². The SMILES string of the molecule is C=c1cccc2cc/c(=C/CC)cc12. The van der Waals surface area contributed by atoms with Crippen molar-refractivity contribution in [2.75, 3.05) is 0 Å². The van der Waals surface area contributed by atoms with E-state index < -0.39 is 0 Å². The average molecular weight is 182 g/mol. The Bertz CT molecular complexity index is 550. The monoisotopic (exact) mass is 182 g/mol. The van der Waals surface area contributed by atoms with Crippen molar-refractivity contribution < 1.29 is 0 Å². The van der Waals surface area contributed by atoms with E-state index in [1.807, 2.05) is 6.07 Å². The van der Waals surface area contributed by atoms with E-state index in [2.05, 4.69) is 49.9 Å². The Morgan fingerprint density at radius 1 is 1.21 bits per heavy atom. The van der Waals surface area contributed by atoms with Crippen molar-refractivity contribution in [3.05, 3.63) is 46.8 Å². The predicted octanol–water partition coefficient (Wildman–Crippen LogP) is 2.44. The maximum Gasteiger partial charge on any atom is -0.0112 e. The van der Waals surface area contributed by atoms with Gasteiger partial charge in [0.2, 0.25) is 0 Å². The maximum atomic E-state index is 4.04. The van der Waals surface area contributed by atoms with Gasteiger partial charge in [-0.2, -0.15) is 0 Å². The fraction of sp³-hybridized carbons (Fsp3) is 0.143. The first-order valence-electron chi connectivity index (χ1n) is 4.99. The largest absolute Gasteiger partial charge is 0.0911 e. The topological polar surface area (TPSA) is 0 Å². The Kier molecular flexibility index (Phi) is 2.36. The molecule has 0 heterocycles. The summed E-state index contributed by atoms with van der Waals surface area (Å²) in [5.41, 5.74) is 0. The Labute approximate surface area is 84.2 Å². The van der Waals surface area contributed by atoms with Crippen LogP contribution in [0.4, 0.5) is 0 Å². The summed E-state index contributed by atoms with van der Waals surface area (Å²) in [6.45, 7) is 6.19. The quantitative estimate of drug-likeness (QED) is 0.635. The van der Waals surface area contributed by atoms with Gasteiger partial charge in [-0.25, -0.2) is 0 Å². The first-order valence-corrected chi connectivity index (χ1v) is 4.99. The van der Waals surface area contributed by atoms with E-state index in [1.165, 1.54) is 16.0 Å². The minimum Gasteiger partial charge on any atom is -0.0911 e. The molecule has 0 N–H and O–H groups in total. The van der Waals surface area contributed by atoms with Crippen molar-refractivity contribution in [2.45, 2.75) is 13.3 Å². The lowest BCUT2D eigenvalue weighted by Crippen LogP contribution is -2.04. The van der Waals surface area contributed by atoms with Crippen LogP contribution < -0.4 is 10.4 Å². The molecule has 0 bridgehead atoms. The highest BCUT2D eigenvalue weighted by Gasteiger charge is 1.91. The molecule has 14 heavy (non-hydrogen) atoms. The van der Waals surface area contributed by atoms with Crippen molar-refractivity contribution in [3.63, 3.8) is 0 Å². The van der Waals surface area contributed by atoms with Gasteiger partial charge in [-0.3, -0.25) is 0 Å². The maximum absolute atomic E-state index is 4.04. The Morgan fingerprint density at radius 3 is 2.86 bits per heavy atom.